The molecule has 0 aliphatic heterocycles. The molecular formula is C15H18ClNO3S2. The summed E-state index contributed by atoms with van der Waals surface area (Å²) in [7, 11) is -3.25. The second-order valence-corrected chi connectivity index (χ2v) is 10.2. The van der Waals surface area contributed by atoms with Gasteiger partial charge in [0.05, 0.1) is 15.5 Å². The van der Waals surface area contributed by atoms with Gasteiger partial charge in [0.15, 0.2) is 9.84 Å². The number of amides is 1. The molecule has 4 nitrogen and oxygen atoms in total. The summed E-state index contributed by atoms with van der Waals surface area (Å²) in [5.74, 6) is -0.430. The van der Waals surface area contributed by atoms with Crippen LogP contribution in [0.2, 0.25) is 5.02 Å². The van der Waals surface area contributed by atoms with Crippen molar-refractivity contribution in [3.8, 4) is 0 Å². The maximum Gasteiger partial charge on any atom is 0.262 e. The van der Waals surface area contributed by atoms with Crippen LogP contribution in [-0.2, 0) is 9.84 Å². The molecule has 0 radical (unpaired) electrons. The zero-order chi connectivity index (χ0) is 16.5. The molecule has 0 spiro atoms. The monoisotopic (exact) mass is 359 g/mol. The van der Waals surface area contributed by atoms with Crippen molar-refractivity contribution in [2.45, 2.75) is 25.5 Å². The van der Waals surface area contributed by atoms with Crippen LogP contribution in [0.1, 0.15) is 30.4 Å². The van der Waals surface area contributed by atoms with E-state index in [0.29, 0.717) is 9.90 Å². The van der Waals surface area contributed by atoms with E-state index in [1.165, 1.54) is 11.3 Å². The zero-order valence-electron chi connectivity index (χ0n) is 12.6. The highest BCUT2D eigenvalue weighted by Gasteiger charge is 2.28. The number of rotatable bonds is 4. The van der Waals surface area contributed by atoms with Crippen molar-refractivity contribution in [3.63, 3.8) is 0 Å². The summed E-state index contributed by atoms with van der Waals surface area (Å²) in [5.41, 5.74) is 0. The highest BCUT2D eigenvalue weighted by molar-refractivity contribution is 7.92. The number of fused-ring (bicyclic) bond motifs is 1. The molecule has 2 aromatic rings. The van der Waals surface area contributed by atoms with E-state index < -0.39 is 14.6 Å². The first-order chi connectivity index (χ1) is 10.1. The van der Waals surface area contributed by atoms with Gasteiger partial charge in [-0.1, -0.05) is 29.8 Å². The number of carbonyl (C=O) groups is 1. The molecule has 0 aliphatic carbocycles. The van der Waals surface area contributed by atoms with Crippen molar-refractivity contribution in [1.29, 1.82) is 0 Å². The molecule has 120 valence electrons. The lowest BCUT2D eigenvalue weighted by atomic mass is 10.2. The predicted molar refractivity (Wildman–Crippen MR) is 92.7 cm³/mol. The van der Waals surface area contributed by atoms with Gasteiger partial charge in [-0.05, 0) is 26.8 Å². The number of benzene rings is 1. The van der Waals surface area contributed by atoms with Crippen LogP contribution in [0, 0.1) is 0 Å². The number of hydrogen-bond acceptors (Lipinski definition) is 4. The summed E-state index contributed by atoms with van der Waals surface area (Å²) in [5, 5.41) is 3.89. The Bertz CT molecular complexity index is 804. The van der Waals surface area contributed by atoms with Gasteiger partial charge in [0.25, 0.3) is 5.91 Å². The van der Waals surface area contributed by atoms with Crippen LogP contribution in [0.4, 0.5) is 0 Å². The van der Waals surface area contributed by atoms with Crippen molar-refractivity contribution in [1.82, 2.24) is 5.32 Å². The molecule has 1 aromatic heterocycles. The lowest BCUT2D eigenvalue weighted by molar-refractivity contribution is 0.0960. The van der Waals surface area contributed by atoms with E-state index in [4.69, 9.17) is 11.6 Å². The van der Waals surface area contributed by atoms with Crippen LogP contribution < -0.4 is 5.32 Å². The highest BCUT2D eigenvalue weighted by atomic mass is 35.5. The van der Waals surface area contributed by atoms with Gasteiger partial charge >= 0.3 is 0 Å². The van der Waals surface area contributed by atoms with Crippen LogP contribution in [0.25, 0.3) is 10.1 Å². The largest absolute Gasteiger partial charge is 0.350 e. The quantitative estimate of drug-likeness (QED) is 0.908. The fourth-order valence-corrected chi connectivity index (χ4v) is 4.26. The van der Waals surface area contributed by atoms with Gasteiger partial charge in [-0.25, -0.2) is 8.42 Å². The first kappa shape index (κ1) is 17.2. The molecular weight excluding hydrogens is 342 g/mol. The lowest BCUT2D eigenvalue weighted by Crippen LogP contribution is -2.36. The Balaban J connectivity index is 2.08. The molecule has 2 rings (SSSR count). The number of sulfone groups is 1. The normalized spacial score (nSPS) is 12.5. The van der Waals surface area contributed by atoms with E-state index in [-0.39, 0.29) is 18.2 Å². The molecule has 22 heavy (non-hydrogen) atoms. The molecule has 1 aromatic carbocycles. The van der Waals surface area contributed by atoms with Crippen LogP contribution in [0.5, 0.6) is 0 Å². The van der Waals surface area contributed by atoms with Crippen molar-refractivity contribution < 1.29 is 13.2 Å². The standard InChI is InChI=1S/C15H18ClNO3S2/c1-15(2,3)22(19,20)9-8-17-14(18)13-12(16)10-6-4-5-7-11(10)21-13/h4-7H,8-9H2,1-3H3,(H,17,18). The summed E-state index contributed by atoms with van der Waals surface area (Å²) in [6, 6.07) is 7.49. The summed E-state index contributed by atoms with van der Waals surface area (Å²) in [6.07, 6.45) is 0. The average Bonchev–Trinajstić information content (AvgIpc) is 2.75. The Morgan fingerprint density at radius 2 is 1.91 bits per heavy atom. The molecule has 7 heteroatoms. The summed E-state index contributed by atoms with van der Waals surface area (Å²) < 4.78 is 24.1. The summed E-state index contributed by atoms with van der Waals surface area (Å²) in [4.78, 5) is 12.6. The van der Waals surface area contributed by atoms with Gasteiger partial charge in [-0.2, -0.15) is 0 Å². The van der Waals surface area contributed by atoms with E-state index in [1.807, 2.05) is 24.3 Å². The van der Waals surface area contributed by atoms with Gasteiger partial charge < -0.3 is 5.32 Å². The molecule has 1 heterocycles. The van der Waals surface area contributed by atoms with Gasteiger partial charge in [0, 0.05) is 16.6 Å². The predicted octanol–water partition coefficient (Wildman–Crippen LogP) is 3.50. The SMILES string of the molecule is CC(C)(C)S(=O)(=O)CCNC(=O)c1sc2ccccc2c1Cl. The number of hydrogen-bond donors (Lipinski definition) is 1. The van der Waals surface area contributed by atoms with E-state index >= 15 is 0 Å². The topological polar surface area (TPSA) is 63.2 Å². The third-order valence-corrected chi connectivity index (χ3v) is 7.61. The molecule has 1 N–H and O–H groups in total. The van der Waals surface area contributed by atoms with E-state index in [2.05, 4.69) is 5.32 Å². The minimum Gasteiger partial charge on any atom is -0.350 e. The minimum absolute atomic E-state index is 0.0724. The van der Waals surface area contributed by atoms with Gasteiger partial charge in [0.2, 0.25) is 0 Å². The Hall–Kier alpha value is -1.11. The Kier molecular flexibility index (Phi) is 4.84. The molecule has 0 saturated carbocycles. The molecule has 0 fully saturated rings. The van der Waals surface area contributed by atoms with Crippen molar-refractivity contribution in [2.75, 3.05) is 12.3 Å². The fraction of sp³-hybridized carbons (Fsp3) is 0.400. The maximum absolute atomic E-state index is 12.2. The zero-order valence-corrected chi connectivity index (χ0v) is 15.0. The number of nitrogens with one attached hydrogen (secondary N) is 1. The smallest absolute Gasteiger partial charge is 0.262 e. The molecule has 0 aliphatic rings. The Labute approximate surface area is 139 Å². The molecule has 0 bridgehead atoms. The lowest BCUT2D eigenvalue weighted by Gasteiger charge is -2.19. The van der Waals surface area contributed by atoms with Crippen molar-refractivity contribution >= 4 is 48.8 Å². The van der Waals surface area contributed by atoms with E-state index in [0.717, 1.165) is 10.1 Å². The van der Waals surface area contributed by atoms with Crippen LogP contribution >= 0.6 is 22.9 Å². The number of halogens is 1. The van der Waals surface area contributed by atoms with Gasteiger partial charge in [0.1, 0.15) is 4.88 Å². The van der Waals surface area contributed by atoms with E-state index in [1.54, 1.807) is 20.8 Å². The Morgan fingerprint density at radius 1 is 1.27 bits per heavy atom. The van der Waals surface area contributed by atoms with Gasteiger partial charge in [-0.15, -0.1) is 11.3 Å². The maximum atomic E-state index is 12.2. The summed E-state index contributed by atoms with van der Waals surface area (Å²) in [6.45, 7) is 5.01. The van der Waals surface area contributed by atoms with E-state index in [9.17, 15) is 13.2 Å². The second kappa shape index (κ2) is 6.18. The molecule has 0 unspecified atom stereocenters. The van der Waals surface area contributed by atoms with Crippen LogP contribution in [0.15, 0.2) is 24.3 Å². The Morgan fingerprint density at radius 3 is 2.50 bits per heavy atom. The third kappa shape index (κ3) is 3.45. The molecule has 0 saturated heterocycles. The summed E-state index contributed by atoms with van der Waals surface area (Å²) >= 11 is 7.53. The molecule has 1 amide bonds. The number of carbonyl (C=O) groups excluding carboxylic acids is 1. The first-order valence-corrected chi connectivity index (χ1v) is 9.66. The third-order valence-electron chi connectivity index (χ3n) is 3.33. The van der Waals surface area contributed by atoms with Crippen LogP contribution in [-0.4, -0.2) is 31.4 Å². The molecule has 0 atom stereocenters. The highest BCUT2D eigenvalue weighted by Crippen LogP contribution is 2.34. The fourth-order valence-electron chi connectivity index (χ4n) is 1.85. The van der Waals surface area contributed by atoms with Gasteiger partial charge in [-0.3, -0.25) is 4.79 Å². The first-order valence-electron chi connectivity index (χ1n) is 6.81. The second-order valence-electron chi connectivity index (χ2n) is 5.93. The van der Waals surface area contributed by atoms with Crippen molar-refractivity contribution in [2.24, 2.45) is 0 Å². The number of thiophene rings is 1. The minimum atomic E-state index is -3.25. The average molecular weight is 360 g/mol. The van der Waals surface area contributed by atoms with Crippen molar-refractivity contribution in [3.05, 3.63) is 34.2 Å². The van der Waals surface area contributed by atoms with Crippen LogP contribution in [0.3, 0.4) is 0 Å².